The van der Waals surface area contributed by atoms with Crippen molar-refractivity contribution < 1.29 is 128 Å². The molecule has 0 aromatic heterocycles. The standard InChI is InChI=1S/10Al.Eu.Mg.H2O12.5O/c;;;;;;;;;;;;1-3-5-7-9-11-12-10-8-6-4-2;;;;;/h;;;;;;;;;;;;1-2H;;;;;/q;;;;;;;;;+1;;;;;;;;/p-1. The fourth-order valence-electron chi connectivity index (χ4n) is 0.108. The van der Waals surface area contributed by atoms with Crippen LogP contribution in [0.15, 0.2) is 0 Å². The van der Waals surface area contributed by atoms with Crippen LogP contribution in [-0.4, -0.2) is 196 Å². The van der Waals surface area contributed by atoms with Gasteiger partial charge < -0.3 is 3.94 Å². The van der Waals surface area contributed by atoms with Gasteiger partial charge in [0.2, 0.25) is 0 Å². The summed E-state index contributed by atoms with van der Waals surface area (Å²) in [5.74, 6) is 0. The van der Waals surface area contributed by atoms with E-state index in [9.17, 15) is 0 Å². The van der Waals surface area contributed by atoms with Crippen molar-refractivity contribution in [3.63, 3.8) is 0 Å². The van der Waals surface area contributed by atoms with E-state index in [4.69, 9.17) is 24.3 Å². The van der Waals surface area contributed by atoms with Crippen molar-refractivity contribution in [1.29, 1.82) is 0 Å². The molecule has 0 heterocycles. The van der Waals surface area contributed by atoms with E-state index >= 15 is 0 Å². The molecule has 29 heavy (non-hydrogen) atoms. The van der Waals surface area contributed by atoms with Crippen LogP contribution in [0.3, 0.4) is 0 Å². The van der Waals surface area contributed by atoms with Crippen molar-refractivity contribution in [2.24, 2.45) is 0 Å². The molecule has 1 N–H and O–H groups in total. The first-order valence-corrected chi connectivity index (χ1v) is 6.09. The maximum atomic E-state index is 8.17. The predicted octanol–water partition coefficient (Wildman–Crippen LogP) is -5.53. The molecule has 142 valence electrons. The Kier molecular flexibility index (Phi) is 336. The van der Waals surface area contributed by atoms with E-state index in [2.05, 4.69) is 54.3 Å². The molecule has 0 fully saturated rings. The molecule has 0 spiro atoms. The molecular formula is HAl10EuMgO17. The Hall–Kier alpha value is 6.20. The fourth-order valence-corrected chi connectivity index (χ4v) is 0.140. The summed E-state index contributed by atoms with van der Waals surface area (Å²) in [7, 11) is 0. The third kappa shape index (κ3) is 135. The van der Waals surface area contributed by atoms with Crippen LogP contribution in [0.1, 0.15) is 0 Å². The Balaban J connectivity index is -0.0000000159. The van der Waals surface area contributed by atoms with Crippen LogP contribution in [0.25, 0.3) is 0 Å². The average molecular weight is 719 g/mol. The summed E-state index contributed by atoms with van der Waals surface area (Å²) >= 11 is 7.49. The Labute approximate surface area is 312 Å². The zero-order valence-corrected chi connectivity index (χ0v) is 29.2. The van der Waals surface area contributed by atoms with Crippen molar-refractivity contribution >= 4 is 190 Å². The summed E-state index contributed by atoms with van der Waals surface area (Å²) in [6, 6.07) is 0. The second-order valence-electron chi connectivity index (χ2n) is 0.783. The molecule has 0 aromatic rings. The fraction of sp³-hybridized carbons (Fsp3) is 0. The molecule has 0 atom stereocenters. The van der Waals surface area contributed by atoms with Crippen molar-refractivity contribution in [1.82, 2.24) is 0 Å². The molecule has 0 aromatic carbocycles. The summed E-state index contributed by atoms with van der Waals surface area (Å²) in [5.41, 5.74) is 0. The minimum absolute atomic E-state index is 0. The monoisotopic (exact) mass is 720 g/mol. The van der Waals surface area contributed by atoms with Crippen molar-refractivity contribution in [2.75, 3.05) is 0 Å². The third-order valence-electron chi connectivity index (χ3n) is 0.292. The van der Waals surface area contributed by atoms with Crippen LogP contribution in [0.4, 0.5) is 0 Å². The predicted molar refractivity (Wildman–Crippen MR) is 81.3 cm³/mol. The first-order chi connectivity index (χ1) is 11.4. The van der Waals surface area contributed by atoms with Gasteiger partial charge in [0.15, 0.2) is 0 Å². The normalized spacial score (nSPS) is 5.24. The van der Waals surface area contributed by atoms with Gasteiger partial charge in [-0.25, -0.2) is 5.26 Å². The van der Waals surface area contributed by atoms with Crippen LogP contribution < -0.4 is 0 Å². The van der Waals surface area contributed by atoms with E-state index in [1.807, 2.05) is 0 Å². The summed E-state index contributed by atoms with van der Waals surface area (Å²) in [4.78, 5) is 0. The van der Waals surface area contributed by atoms with Gasteiger partial charge in [0.05, 0.1) is 0 Å². The Morgan fingerprint density at radius 3 is 0.793 bits per heavy atom. The first-order valence-electron chi connectivity index (χ1n) is 3.26. The average Bonchev–Trinajstić information content (AvgIpc) is 2.68. The van der Waals surface area contributed by atoms with Gasteiger partial charge in [0.25, 0.3) is 0 Å². The van der Waals surface area contributed by atoms with Crippen LogP contribution >= 0.6 is 0 Å². The topological polar surface area (TPSA) is 207 Å². The molecule has 0 saturated heterocycles. The molecule has 0 rings (SSSR count). The first kappa shape index (κ1) is 76.5. The number of hydrogen-bond acceptors (Lipinski definition) is 17. The van der Waals surface area contributed by atoms with Crippen molar-refractivity contribution in [2.45, 2.75) is 0 Å². The SMILES string of the molecule is OOOOOOOOOOO[O][Al].[Al].[Al].[Al].[Al].[Eu].[Mg].[O]=[Al].[O]=[Al].[O]=[Al].[O]=[Al].[O]=[Al]. The van der Waals surface area contributed by atoms with Crippen LogP contribution in [-0.2, 0) is 73.3 Å². The molecule has 0 aliphatic carbocycles. The van der Waals surface area contributed by atoms with E-state index in [1.54, 1.807) is 16.6 Å². The summed E-state index contributed by atoms with van der Waals surface area (Å²) in [5, 5.41) is 41.4. The summed E-state index contributed by atoms with van der Waals surface area (Å²) < 4.78 is 44.6. The zero-order valence-electron chi connectivity index (χ0n) is 13.8. The summed E-state index contributed by atoms with van der Waals surface area (Å²) in [6.45, 7) is 0. The zero-order chi connectivity index (χ0) is 19.8. The van der Waals surface area contributed by atoms with Crippen LogP contribution in [0.2, 0.25) is 0 Å². The molecule has 0 bridgehead atoms. The molecular weight excluding hydrogens is 718 g/mol. The molecule has 29 heteroatoms. The van der Waals surface area contributed by atoms with E-state index in [1.165, 1.54) is 81.1 Å². The van der Waals surface area contributed by atoms with Crippen molar-refractivity contribution in [3.8, 4) is 0 Å². The van der Waals surface area contributed by atoms with Gasteiger partial charge in [-0.05, 0) is 45.3 Å². The Bertz CT molecular complexity index is 145. The second-order valence-corrected chi connectivity index (χ2v) is 0.976. The Morgan fingerprint density at radius 2 is 0.621 bits per heavy atom. The molecule has 0 unspecified atom stereocenters. The van der Waals surface area contributed by atoms with Gasteiger partial charge in [-0.1, -0.05) is 5.04 Å². The molecule has 17 nitrogen and oxygen atoms in total. The van der Waals surface area contributed by atoms with Gasteiger partial charge in [0, 0.05) is 142 Å². The maximum absolute atomic E-state index is 8.17. The molecule has 0 amide bonds. The molecule has 0 aliphatic rings. The van der Waals surface area contributed by atoms with Crippen LogP contribution in [0, 0.1) is 49.4 Å². The Morgan fingerprint density at radius 1 is 0.448 bits per heavy atom. The van der Waals surface area contributed by atoms with Crippen LogP contribution in [0.5, 0.6) is 0 Å². The third-order valence-corrected chi connectivity index (χ3v) is 0.371. The molecule has 22 radical (unpaired) electrons. The van der Waals surface area contributed by atoms with E-state index in [0.29, 0.717) is 0 Å². The van der Waals surface area contributed by atoms with Gasteiger partial charge in [-0.3, -0.25) is 0 Å². The van der Waals surface area contributed by atoms with Gasteiger partial charge in [-0.2, -0.15) is 0 Å². The van der Waals surface area contributed by atoms with Crippen molar-refractivity contribution in [3.05, 3.63) is 0 Å². The second kappa shape index (κ2) is 127. The number of hydrogen-bond donors (Lipinski definition) is 1. The van der Waals surface area contributed by atoms with E-state index in [0.717, 1.165) is 0 Å². The number of rotatable bonds is 10. The van der Waals surface area contributed by atoms with Gasteiger partial charge >= 0.3 is 117 Å². The van der Waals surface area contributed by atoms with Gasteiger partial charge in [-0.15, -0.1) is 0 Å². The van der Waals surface area contributed by atoms with E-state index < -0.39 is 0 Å². The molecule has 0 aliphatic heterocycles. The minimum atomic E-state index is 0. The molecule has 0 saturated carbocycles. The summed E-state index contributed by atoms with van der Waals surface area (Å²) in [6.07, 6.45) is 0. The quantitative estimate of drug-likeness (QED) is 0.0967. The van der Waals surface area contributed by atoms with Gasteiger partial charge in [0.1, 0.15) is 0 Å². The van der Waals surface area contributed by atoms with E-state index in [-0.39, 0.29) is 142 Å².